The Morgan fingerprint density at radius 3 is 2.78 bits per heavy atom. The van der Waals surface area contributed by atoms with Gasteiger partial charge in [-0.2, -0.15) is 16.8 Å². The van der Waals surface area contributed by atoms with E-state index >= 15 is 0 Å². The molecule has 0 amide bonds. The molecular weight excluding hydrogens is 382 g/mol. The van der Waals surface area contributed by atoms with Crippen molar-refractivity contribution >= 4 is 34.2 Å². The number of aromatic nitrogens is 3. The van der Waals surface area contributed by atoms with Gasteiger partial charge in [0.1, 0.15) is 5.82 Å². The number of guanidine groups is 1. The number of nitrogens with two attached hydrogens (primary N) is 2. The number of H-pyrrole nitrogens is 1. The lowest BCUT2D eigenvalue weighted by Gasteiger charge is -2.10. The fourth-order valence-electron chi connectivity index (χ4n) is 2.52. The Labute approximate surface area is 167 Å². The number of aryl methyl sites for hydroxylation is 2. The smallest absolute Gasteiger partial charge is 0.254 e. The second kappa shape index (κ2) is 10.4. The number of hydrogen-bond acceptors (Lipinski definition) is 7. The molecule has 5 N–H and O–H groups in total. The first kappa shape index (κ1) is 21.4. The van der Waals surface area contributed by atoms with Crippen LogP contribution in [0.15, 0.2) is 15.2 Å². The molecule has 8 nitrogen and oxygen atoms in total. The van der Waals surface area contributed by atoms with Gasteiger partial charge in [-0.15, -0.1) is 11.3 Å². The number of thiazole rings is 1. The summed E-state index contributed by atoms with van der Waals surface area (Å²) >= 11 is 3.14. The predicted octanol–water partition coefficient (Wildman–Crippen LogP) is 1.41. The summed E-state index contributed by atoms with van der Waals surface area (Å²) in [6.07, 6.45) is 2.41. The molecule has 0 aliphatic rings. The lowest BCUT2D eigenvalue weighted by atomic mass is 10.1. The third kappa shape index (κ3) is 7.31. The molecule has 27 heavy (non-hydrogen) atoms. The van der Waals surface area contributed by atoms with Crippen molar-refractivity contribution < 1.29 is 0 Å². The number of aliphatic imine (C=N–C) groups is 1. The normalized spacial score (nSPS) is 11.1. The third-order valence-corrected chi connectivity index (χ3v) is 5.58. The summed E-state index contributed by atoms with van der Waals surface area (Å²) in [6, 6.07) is 0. The zero-order valence-corrected chi connectivity index (χ0v) is 17.6. The maximum absolute atomic E-state index is 12.3. The summed E-state index contributed by atoms with van der Waals surface area (Å²) in [7, 11) is 4.06. The first-order valence-corrected chi connectivity index (χ1v) is 10.7. The van der Waals surface area contributed by atoms with Crippen LogP contribution in [0.1, 0.15) is 29.2 Å². The molecule has 0 saturated carbocycles. The van der Waals surface area contributed by atoms with Crippen LogP contribution in [0.2, 0.25) is 0 Å². The monoisotopic (exact) mass is 409 g/mol. The highest BCUT2D eigenvalue weighted by Crippen LogP contribution is 2.22. The number of nitrogens with zero attached hydrogens (tertiary/aromatic N) is 4. The average molecular weight is 410 g/mol. The van der Waals surface area contributed by atoms with Crippen LogP contribution >= 0.6 is 23.1 Å². The Kier molecular flexibility index (Phi) is 8.26. The van der Waals surface area contributed by atoms with Crippen molar-refractivity contribution in [1.82, 2.24) is 19.9 Å². The van der Waals surface area contributed by atoms with Gasteiger partial charge in [-0.1, -0.05) is 0 Å². The minimum absolute atomic E-state index is 0.0114. The van der Waals surface area contributed by atoms with E-state index in [1.54, 1.807) is 11.8 Å². The zero-order chi connectivity index (χ0) is 19.8. The van der Waals surface area contributed by atoms with Crippen LogP contribution in [-0.4, -0.2) is 52.2 Å². The summed E-state index contributed by atoms with van der Waals surface area (Å²) in [4.78, 5) is 30.2. The second-order valence-electron chi connectivity index (χ2n) is 6.44. The molecule has 0 spiro atoms. The molecule has 2 aromatic rings. The Balaban J connectivity index is 1.83. The Morgan fingerprint density at radius 1 is 1.33 bits per heavy atom. The van der Waals surface area contributed by atoms with Crippen LogP contribution in [0, 0.1) is 6.92 Å². The van der Waals surface area contributed by atoms with Crippen LogP contribution in [0.3, 0.4) is 0 Å². The topological polar surface area (TPSA) is 126 Å². The van der Waals surface area contributed by atoms with Gasteiger partial charge in [0.05, 0.1) is 5.69 Å². The standard InChI is InChI=1S/C17H27N7OS2/c1-11-13(5-4-7-24(2)3)15(25)22-14(20-11)6-8-26-9-12-10-27-17(21-12)23-16(18)19/h10H,4-9H2,1-3H3,(H,20,22,25)(H4,18,19,21,23). The Morgan fingerprint density at radius 2 is 2.11 bits per heavy atom. The van der Waals surface area contributed by atoms with Crippen molar-refractivity contribution in [2.45, 2.75) is 31.9 Å². The van der Waals surface area contributed by atoms with Crippen LogP contribution in [0.5, 0.6) is 0 Å². The highest BCUT2D eigenvalue weighted by atomic mass is 32.2. The molecule has 0 fully saturated rings. The van der Waals surface area contributed by atoms with Crippen LogP contribution < -0.4 is 17.0 Å². The van der Waals surface area contributed by atoms with Gasteiger partial charge in [0.25, 0.3) is 5.56 Å². The highest BCUT2D eigenvalue weighted by Gasteiger charge is 2.09. The van der Waals surface area contributed by atoms with E-state index in [9.17, 15) is 4.79 Å². The number of nitrogens with one attached hydrogen (secondary N) is 1. The first-order valence-electron chi connectivity index (χ1n) is 8.70. The molecule has 2 heterocycles. The summed E-state index contributed by atoms with van der Waals surface area (Å²) < 4.78 is 0. The number of hydrogen-bond donors (Lipinski definition) is 3. The van der Waals surface area contributed by atoms with Crippen molar-refractivity contribution in [1.29, 1.82) is 0 Å². The average Bonchev–Trinajstić information content (AvgIpc) is 3.00. The molecule has 2 rings (SSSR count). The van der Waals surface area contributed by atoms with Crippen molar-refractivity contribution in [3.05, 3.63) is 38.5 Å². The highest BCUT2D eigenvalue weighted by molar-refractivity contribution is 7.98. The molecule has 0 aliphatic heterocycles. The van der Waals surface area contributed by atoms with Gasteiger partial charge in [0, 0.05) is 34.6 Å². The number of rotatable bonds is 10. The number of thioether (sulfide) groups is 1. The molecular formula is C17H27N7OS2. The van der Waals surface area contributed by atoms with Crippen molar-refractivity contribution in [3.8, 4) is 0 Å². The van der Waals surface area contributed by atoms with Gasteiger partial charge in [-0.3, -0.25) is 4.79 Å². The van der Waals surface area contributed by atoms with E-state index in [0.29, 0.717) is 11.6 Å². The van der Waals surface area contributed by atoms with E-state index in [2.05, 4.69) is 24.8 Å². The SMILES string of the molecule is Cc1nc(CCSCc2csc(N=C(N)N)n2)[nH]c(=O)c1CCCN(C)C. The van der Waals surface area contributed by atoms with Gasteiger partial charge in [-0.05, 0) is 40.4 Å². The minimum atomic E-state index is -0.0114. The molecule has 10 heteroatoms. The van der Waals surface area contributed by atoms with Crippen LogP contribution in [0.4, 0.5) is 5.13 Å². The quantitative estimate of drug-likeness (QED) is 0.308. The molecule has 0 bridgehead atoms. The molecule has 2 aromatic heterocycles. The second-order valence-corrected chi connectivity index (χ2v) is 8.39. The van der Waals surface area contributed by atoms with Crippen LogP contribution in [0.25, 0.3) is 0 Å². The molecule has 0 saturated heterocycles. The van der Waals surface area contributed by atoms with Gasteiger partial charge in [-0.25, -0.2) is 9.97 Å². The van der Waals surface area contributed by atoms with E-state index in [1.165, 1.54) is 11.3 Å². The first-order chi connectivity index (χ1) is 12.8. The van der Waals surface area contributed by atoms with Crippen molar-refractivity contribution in [3.63, 3.8) is 0 Å². The minimum Gasteiger partial charge on any atom is -0.370 e. The predicted molar refractivity (Wildman–Crippen MR) is 114 cm³/mol. The van der Waals surface area contributed by atoms with Gasteiger partial charge < -0.3 is 21.4 Å². The van der Waals surface area contributed by atoms with Gasteiger partial charge in [0.2, 0.25) is 5.13 Å². The van der Waals surface area contributed by atoms with E-state index in [1.807, 2.05) is 26.4 Å². The Bertz CT molecular complexity index is 825. The van der Waals surface area contributed by atoms with E-state index in [4.69, 9.17) is 11.5 Å². The van der Waals surface area contributed by atoms with Crippen molar-refractivity contribution in [2.24, 2.45) is 16.5 Å². The lowest BCUT2D eigenvalue weighted by molar-refractivity contribution is 0.399. The van der Waals surface area contributed by atoms with Crippen molar-refractivity contribution in [2.75, 3.05) is 26.4 Å². The maximum Gasteiger partial charge on any atom is 0.254 e. The van der Waals surface area contributed by atoms with Gasteiger partial charge >= 0.3 is 0 Å². The fraction of sp³-hybridized carbons (Fsp3) is 0.529. The van der Waals surface area contributed by atoms with E-state index < -0.39 is 0 Å². The molecule has 0 aromatic carbocycles. The molecule has 0 radical (unpaired) electrons. The molecule has 0 atom stereocenters. The lowest BCUT2D eigenvalue weighted by Crippen LogP contribution is -2.21. The molecule has 0 unspecified atom stereocenters. The van der Waals surface area contributed by atoms with E-state index in [-0.39, 0.29) is 11.5 Å². The summed E-state index contributed by atoms with van der Waals surface area (Å²) in [5, 5.41) is 2.51. The maximum atomic E-state index is 12.3. The van der Waals surface area contributed by atoms with Gasteiger partial charge in [0.15, 0.2) is 5.96 Å². The third-order valence-electron chi connectivity index (χ3n) is 3.80. The summed E-state index contributed by atoms with van der Waals surface area (Å²) in [5.74, 6) is 2.36. The fourth-order valence-corrected chi connectivity index (χ4v) is 4.17. The molecule has 148 valence electrons. The van der Waals surface area contributed by atoms with E-state index in [0.717, 1.165) is 53.7 Å². The van der Waals surface area contributed by atoms with Crippen LogP contribution in [-0.2, 0) is 18.6 Å². The zero-order valence-electron chi connectivity index (χ0n) is 16.0. The summed E-state index contributed by atoms with van der Waals surface area (Å²) in [5.41, 5.74) is 13.3. The molecule has 0 aliphatic carbocycles. The summed E-state index contributed by atoms with van der Waals surface area (Å²) in [6.45, 7) is 2.87. The Hall–Kier alpha value is -1.91. The number of aromatic amines is 1. The largest absolute Gasteiger partial charge is 0.370 e.